The maximum absolute atomic E-state index is 13.9. The van der Waals surface area contributed by atoms with Gasteiger partial charge in [0.05, 0.1) is 13.2 Å². The zero-order valence-corrected chi connectivity index (χ0v) is 26.2. The summed E-state index contributed by atoms with van der Waals surface area (Å²) in [6.07, 6.45) is 3.85. The average Bonchev–Trinajstić information content (AvgIpc) is 3.03. The molecule has 0 aromatic heterocycles. The van der Waals surface area contributed by atoms with E-state index in [1.54, 1.807) is 18.2 Å². The third kappa shape index (κ3) is 7.30. The van der Waals surface area contributed by atoms with E-state index < -0.39 is 11.5 Å². The fourth-order valence-electron chi connectivity index (χ4n) is 7.82. The molecule has 45 heavy (non-hydrogen) atoms. The summed E-state index contributed by atoms with van der Waals surface area (Å²) in [5.74, 6) is 6.56. The van der Waals surface area contributed by atoms with Crippen LogP contribution in [0.1, 0.15) is 67.6 Å². The molecule has 7 nitrogen and oxygen atoms in total. The van der Waals surface area contributed by atoms with Crippen molar-refractivity contribution in [2.24, 2.45) is 17.8 Å². The van der Waals surface area contributed by atoms with Crippen LogP contribution in [0.5, 0.6) is 23.0 Å². The van der Waals surface area contributed by atoms with Crippen LogP contribution in [0.15, 0.2) is 66.7 Å². The number of phenolic OH excluding ortho intramolecular Hbond substituents is 3. The molecule has 2 aliphatic carbocycles. The van der Waals surface area contributed by atoms with E-state index in [4.69, 9.17) is 4.74 Å². The highest BCUT2D eigenvalue weighted by atomic mass is 16.5. The maximum atomic E-state index is 13.9. The summed E-state index contributed by atoms with van der Waals surface area (Å²) in [5, 5.41) is 46.1. The van der Waals surface area contributed by atoms with E-state index in [0.717, 1.165) is 48.9 Å². The van der Waals surface area contributed by atoms with Crippen LogP contribution in [0.4, 0.5) is 0 Å². The highest BCUT2D eigenvalue weighted by molar-refractivity contribution is 5.80. The quantitative estimate of drug-likeness (QED) is 0.161. The van der Waals surface area contributed by atoms with Crippen molar-refractivity contribution in [3.05, 3.63) is 83.4 Å². The Morgan fingerprint density at radius 2 is 1.76 bits per heavy atom. The monoisotopic (exact) mass is 611 g/mol. The molecule has 0 radical (unpaired) electrons. The number of ketones is 1. The zero-order chi connectivity index (χ0) is 32.0. The lowest BCUT2D eigenvalue weighted by atomic mass is 9.57. The van der Waals surface area contributed by atoms with Crippen LogP contribution in [0.2, 0.25) is 0 Å². The van der Waals surface area contributed by atoms with Crippen LogP contribution in [-0.2, 0) is 16.6 Å². The van der Waals surface area contributed by atoms with Gasteiger partial charge in [-0.25, -0.2) is 0 Å². The van der Waals surface area contributed by atoms with Gasteiger partial charge in [-0.1, -0.05) is 54.8 Å². The van der Waals surface area contributed by atoms with Crippen molar-refractivity contribution in [3.63, 3.8) is 0 Å². The van der Waals surface area contributed by atoms with Crippen LogP contribution >= 0.6 is 0 Å². The molecule has 3 aromatic rings. The van der Waals surface area contributed by atoms with Crippen molar-refractivity contribution in [2.45, 2.75) is 68.8 Å². The molecule has 0 unspecified atom stereocenters. The summed E-state index contributed by atoms with van der Waals surface area (Å²) in [4.78, 5) is 13.9. The van der Waals surface area contributed by atoms with Crippen LogP contribution < -0.4 is 10.1 Å². The molecule has 5 N–H and O–H groups in total. The summed E-state index contributed by atoms with van der Waals surface area (Å²) in [7, 11) is 3.45. The van der Waals surface area contributed by atoms with Gasteiger partial charge in [-0.3, -0.25) is 4.79 Å². The summed E-state index contributed by atoms with van der Waals surface area (Å²) < 4.78 is 5.40. The second-order valence-electron chi connectivity index (χ2n) is 12.9. The Morgan fingerprint density at radius 1 is 0.978 bits per heavy atom. The smallest absolute Gasteiger partial charge is 0.160 e. The van der Waals surface area contributed by atoms with Gasteiger partial charge in [0, 0.05) is 42.4 Å². The van der Waals surface area contributed by atoms with Crippen molar-refractivity contribution in [1.29, 1.82) is 0 Å². The van der Waals surface area contributed by atoms with E-state index in [0.29, 0.717) is 24.5 Å². The first-order valence-electron chi connectivity index (χ1n) is 16.0. The van der Waals surface area contributed by atoms with E-state index >= 15 is 0 Å². The Labute approximate surface area is 266 Å². The molecule has 0 saturated heterocycles. The molecule has 0 heterocycles. The normalized spacial score (nSPS) is 27.3. The number of benzene rings is 3. The Morgan fingerprint density at radius 3 is 2.49 bits per heavy atom. The van der Waals surface area contributed by atoms with Gasteiger partial charge < -0.3 is 30.5 Å². The van der Waals surface area contributed by atoms with Crippen LogP contribution in [0, 0.1) is 29.6 Å². The Hall–Kier alpha value is -3.99. The number of hydrogen-bond acceptors (Lipinski definition) is 7. The first kappa shape index (κ1) is 32.4. The summed E-state index contributed by atoms with van der Waals surface area (Å²) in [6, 6.07) is 20.3. The maximum Gasteiger partial charge on any atom is 0.160 e. The van der Waals surface area contributed by atoms with E-state index in [2.05, 4.69) is 29.3 Å². The Kier molecular flexibility index (Phi) is 10.4. The van der Waals surface area contributed by atoms with Gasteiger partial charge in [-0.15, -0.1) is 5.92 Å². The number of rotatable bonds is 8. The number of aromatic hydroxyl groups is 3. The highest BCUT2D eigenvalue weighted by Gasteiger charge is 2.47. The number of ether oxygens (including phenoxy) is 1. The molecule has 2 aliphatic rings. The largest absolute Gasteiger partial charge is 0.504 e. The van der Waals surface area contributed by atoms with Gasteiger partial charge in [-0.05, 0) is 86.1 Å². The molecule has 7 heteroatoms. The number of Topliss-reactive ketones (excluding diaryl/α,β-unsaturated/α-hetero) is 1. The topological polar surface area (TPSA) is 119 Å². The fourth-order valence-corrected chi connectivity index (χ4v) is 7.82. The standard InChI is InChI=1S/C38H45NO6/c1-39-24-26-10-7-17-38(23-26,29-14-16-33(41)36(44)20-29)32-12-6-11-27(18-25-8-4-3-5-9-25)31(21-30(40)22-35(32)43)28-13-15-34(42)37(19-28)45-2/h3-5,8-9,13-16,19-20,26-27,31-32,35,39,41-44H,7,10,12,17-18,21-24H2,1-2H3/t26-,27+,31+,32-,35-,38+/m0/s1. The summed E-state index contributed by atoms with van der Waals surface area (Å²) >= 11 is 0. The van der Waals surface area contributed by atoms with Crippen LogP contribution in [-0.4, -0.2) is 53.0 Å². The van der Waals surface area contributed by atoms with E-state index in [1.165, 1.54) is 13.2 Å². The van der Waals surface area contributed by atoms with Gasteiger partial charge in [-0.2, -0.15) is 0 Å². The molecule has 238 valence electrons. The first-order valence-corrected chi connectivity index (χ1v) is 16.0. The second kappa shape index (κ2) is 14.4. The number of carbonyl (C=O) groups excluding carboxylic acids is 1. The van der Waals surface area contributed by atoms with Crippen LogP contribution in [0.3, 0.4) is 0 Å². The van der Waals surface area contributed by atoms with Gasteiger partial charge in [0.2, 0.25) is 0 Å². The van der Waals surface area contributed by atoms with Crippen molar-refractivity contribution in [2.75, 3.05) is 20.7 Å². The number of aliphatic hydroxyl groups excluding tert-OH is 1. The third-order valence-corrected chi connectivity index (χ3v) is 10.0. The van der Waals surface area contributed by atoms with Gasteiger partial charge in [0.25, 0.3) is 0 Å². The minimum atomic E-state index is -0.934. The molecular formula is C38H45NO6. The molecule has 6 atom stereocenters. The predicted octanol–water partition coefficient (Wildman–Crippen LogP) is 5.84. The lowest BCUT2D eigenvalue weighted by Crippen LogP contribution is -2.47. The number of carbonyl (C=O) groups is 1. The number of methoxy groups -OCH3 is 1. The molecular weight excluding hydrogens is 566 g/mol. The van der Waals surface area contributed by atoms with E-state index in [9.17, 15) is 25.2 Å². The SMILES string of the molecule is CNC[C@H]1CCC[C@@](c2ccc(O)c(O)c2)([C@H]2CC#C[C@H](Cc3ccccc3)[C@H](c3ccc(O)c(OC)c3)CC(=O)C[C@@H]2O)C1. The van der Waals surface area contributed by atoms with Crippen molar-refractivity contribution in [1.82, 2.24) is 5.32 Å². The first-order chi connectivity index (χ1) is 21.7. The zero-order valence-electron chi connectivity index (χ0n) is 26.2. The molecule has 0 amide bonds. The molecule has 1 fully saturated rings. The molecule has 3 aromatic carbocycles. The molecule has 1 saturated carbocycles. The second-order valence-corrected chi connectivity index (χ2v) is 12.9. The minimum absolute atomic E-state index is 0.00136. The van der Waals surface area contributed by atoms with Gasteiger partial charge in [0.1, 0.15) is 5.78 Å². The third-order valence-electron chi connectivity index (χ3n) is 10.0. The summed E-state index contributed by atoms with van der Waals surface area (Å²) in [6.45, 7) is 0.830. The highest BCUT2D eigenvalue weighted by Crippen LogP contribution is 2.51. The number of aliphatic hydroxyl groups is 1. The van der Waals surface area contributed by atoms with E-state index in [1.807, 2.05) is 37.4 Å². The predicted molar refractivity (Wildman–Crippen MR) is 175 cm³/mol. The van der Waals surface area contributed by atoms with Crippen LogP contribution in [0.25, 0.3) is 0 Å². The lowest BCUT2D eigenvalue weighted by molar-refractivity contribution is -0.123. The fraction of sp³-hybridized carbons (Fsp3) is 0.447. The minimum Gasteiger partial charge on any atom is -0.504 e. The van der Waals surface area contributed by atoms with E-state index in [-0.39, 0.29) is 53.6 Å². The number of hydrogen-bond donors (Lipinski definition) is 5. The Bertz CT molecular complexity index is 1530. The van der Waals surface area contributed by atoms with Crippen molar-refractivity contribution < 1.29 is 30.0 Å². The molecule has 0 spiro atoms. The van der Waals surface area contributed by atoms with Gasteiger partial charge >= 0.3 is 0 Å². The number of phenols is 3. The Balaban J connectivity index is 1.59. The summed E-state index contributed by atoms with van der Waals surface area (Å²) in [5.41, 5.74) is 2.31. The van der Waals surface area contributed by atoms with Gasteiger partial charge in [0.15, 0.2) is 23.0 Å². The number of nitrogens with one attached hydrogen (secondary N) is 1. The van der Waals surface area contributed by atoms with Crippen molar-refractivity contribution in [3.8, 4) is 34.8 Å². The molecule has 5 rings (SSSR count). The average molecular weight is 612 g/mol. The van der Waals surface area contributed by atoms with Crippen molar-refractivity contribution >= 4 is 5.78 Å². The molecule has 0 bridgehead atoms. The lowest BCUT2D eigenvalue weighted by Gasteiger charge is -2.48. The molecule has 0 aliphatic heterocycles.